The molecular formula is C11H17NO3. The van der Waals surface area contributed by atoms with Gasteiger partial charge in [0.1, 0.15) is 6.04 Å². The van der Waals surface area contributed by atoms with Crippen LogP contribution in [0.2, 0.25) is 0 Å². The third-order valence-electron chi connectivity index (χ3n) is 3.74. The zero-order chi connectivity index (χ0) is 11.0. The summed E-state index contributed by atoms with van der Waals surface area (Å²) in [6.07, 6.45) is 5.02. The van der Waals surface area contributed by atoms with Crippen LogP contribution in [-0.4, -0.2) is 34.0 Å². The quantitative estimate of drug-likeness (QED) is 0.710. The summed E-state index contributed by atoms with van der Waals surface area (Å²) in [4.78, 5) is 24.1. The van der Waals surface area contributed by atoms with Crippen molar-refractivity contribution in [1.82, 2.24) is 4.90 Å². The van der Waals surface area contributed by atoms with E-state index in [9.17, 15) is 9.59 Å². The summed E-state index contributed by atoms with van der Waals surface area (Å²) in [5, 5.41) is 9.09. The molecule has 4 nitrogen and oxygen atoms in total. The molecule has 2 fully saturated rings. The van der Waals surface area contributed by atoms with Gasteiger partial charge in [-0.1, -0.05) is 12.8 Å². The molecule has 1 saturated heterocycles. The summed E-state index contributed by atoms with van der Waals surface area (Å²) in [6.45, 7) is 1.48. The van der Waals surface area contributed by atoms with E-state index in [2.05, 4.69) is 0 Å². The fraction of sp³-hybridized carbons (Fsp3) is 0.818. The smallest absolute Gasteiger partial charge is 0.326 e. The van der Waals surface area contributed by atoms with Crippen LogP contribution < -0.4 is 0 Å². The molecule has 3 atom stereocenters. The Morgan fingerprint density at radius 3 is 2.53 bits per heavy atom. The summed E-state index contributed by atoms with van der Waals surface area (Å²) in [5.41, 5.74) is 0. The fourth-order valence-corrected chi connectivity index (χ4v) is 3.13. The minimum atomic E-state index is -0.848. The molecule has 0 aromatic heterocycles. The van der Waals surface area contributed by atoms with Crippen molar-refractivity contribution >= 4 is 11.9 Å². The summed E-state index contributed by atoms with van der Waals surface area (Å²) < 4.78 is 0. The topological polar surface area (TPSA) is 57.6 Å². The molecule has 1 heterocycles. The number of hydrogen-bond acceptors (Lipinski definition) is 2. The van der Waals surface area contributed by atoms with Gasteiger partial charge < -0.3 is 10.0 Å². The van der Waals surface area contributed by atoms with Gasteiger partial charge in [0, 0.05) is 13.0 Å². The van der Waals surface area contributed by atoms with Crippen LogP contribution in [0.25, 0.3) is 0 Å². The number of carboxylic acid groups (broad SMARTS) is 1. The van der Waals surface area contributed by atoms with Crippen LogP contribution in [0.3, 0.4) is 0 Å². The maximum atomic E-state index is 11.5. The first kappa shape index (κ1) is 10.5. The fourth-order valence-electron chi connectivity index (χ4n) is 3.13. The number of carbonyl (C=O) groups excluding carboxylic acids is 1. The van der Waals surface area contributed by atoms with Crippen LogP contribution in [-0.2, 0) is 9.59 Å². The maximum absolute atomic E-state index is 11.5. The van der Waals surface area contributed by atoms with Gasteiger partial charge in [0.2, 0.25) is 5.91 Å². The van der Waals surface area contributed by atoms with Crippen LogP contribution in [0.5, 0.6) is 0 Å². The van der Waals surface area contributed by atoms with E-state index in [4.69, 9.17) is 5.11 Å². The summed E-state index contributed by atoms with van der Waals surface area (Å²) >= 11 is 0. The number of nitrogens with zero attached hydrogens (tertiary/aromatic N) is 1. The van der Waals surface area contributed by atoms with Crippen LogP contribution in [0.1, 0.15) is 39.0 Å². The SMILES string of the molecule is CC(=O)N1C(C(=O)O)CC2CCCCC21. The Morgan fingerprint density at radius 2 is 1.93 bits per heavy atom. The molecular weight excluding hydrogens is 194 g/mol. The minimum Gasteiger partial charge on any atom is -0.480 e. The highest BCUT2D eigenvalue weighted by atomic mass is 16.4. The summed E-state index contributed by atoms with van der Waals surface area (Å²) in [5.74, 6) is -0.514. The van der Waals surface area contributed by atoms with Gasteiger partial charge in [-0.3, -0.25) is 4.79 Å². The van der Waals surface area contributed by atoms with E-state index < -0.39 is 12.0 Å². The van der Waals surface area contributed by atoms with Crippen molar-refractivity contribution in [2.24, 2.45) is 5.92 Å². The predicted molar refractivity (Wildman–Crippen MR) is 54.3 cm³/mol. The monoisotopic (exact) mass is 211 g/mol. The van der Waals surface area contributed by atoms with E-state index in [0.717, 1.165) is 19.3 Å². The molecule has 1 amide bonds. The van der Waals surface area contributed by atoms with E-state index in [1.807, 2.05) is 0 Å². The molecule has 0 aromatic rings. The molecule has 3 unspecified atom stereocenters. The van der Waals surface area contributed by atoms with Gasteiger partial charge in [0.05, 0.1) is 0 Å². The highest BCUT2D eigenvalue weighted by Gasteiger charge is 2.46. The highest BCUT2D eigenvalue weighted by Crippen LogP contribution is 2.39. The predicted octanol–water partition coefficient (Wildman–Crippen LogP) is 1.25. The Hall–Kier alpha value is -1.06. The van der Waals surface area contributed by atoms with Crippen LogP contribution in [0.15, 0.2) is 0 Å². The Morgan fingerprint density at radius 1 is 1.27 bits per heavy atom. The van der Waals surface area contributed by atoms with E-state index in [1.165, 1.54) is 13.3 Å². The molecule has 4 heteroatoms. The van der Waals surface area contributed by atoms with Crippen LogP contribution in [0.4, 0.5) is 0 Å². The molecule has 1 aliphatic heterocycles. The standard InChI is InChI=1S/C11H17NO3/c1-7(13)12-9-5-3-2-4-8(9)6-10(12)11(14)15/h8-10H,2-6H2,1H3,(H,14,15). The van der Waals surface area contributed by atoms with Gasteiger partial charge in [-0.25, -0.2) is 4.79 Å². The second-order valence-electron chi connectivity index (χ2n) is 4.63. The Labute approximate surface area is 89.3 Å². The first-order valence-electron chi connectivity index (χ1n) is 5.63. The lowest BCUT2D eigenvalue weighted by molar-refractivity contribution is -0.149. The zero-order valence-corrected chi connectivity index (χ0v) is 8.98. The van der Waals surface area contributed by atoms with Gasteiger partial charge in [-0.15, -0.1) is 0 Å². The second kappa shape index (κ2) is 3.83. The number of aliphatic carboxylic acids is 1. The molecule has 2 aliphatic rings. The van der Waals surface area contributed by atoms with Crippen molar-refractivity contribution in [3.63, 3.8) is 0 Å². The lowest BCUT2D eigenvalue weighted by Gasteiger charge is -2.32. The molecule has 0 radical (unpaired) electrons. The summed E-state index contributed by atoms with van der Waals surface area (Å²) in [6, 6.07) is -0.382. The second-order valence-corrected chi connectivity index (χ2v) is 4.63. The van der Waals surface area contributed by atoms with E-state index in [1.54, 1.807) is 4.90 Å². The van der Waals surface area contributed by atoms with Gasteiger partial charge in [0.15, 0.2) is 0 Å². The van der Waals surface area contributed by atoms with Crippen molar-refractivity contribution in [2.75, 3.05) is 0 Å². The maximum Gasteiger partial charge on any atom is 0.326 e. The van der Waals surface area contributed by atoms with Crippen LogP contribution in [0, 0.1) is 5.92 Å². The highest BCUT2D eigenvalue weighted by molar-refractivity contribution is 5.83. The van der Waals surface area contributed by atoms with Crippen molar-refractivity contribution in [2.45, 2.75) is 51.1 Å². The molecule has 0 bridgehead atoms. The van der Waals surface area contributed by atoms with Crippen molar-refractivity contribution < 1.29 is 14.7 Å². The number of carbonyl (C=O) groups is 2. The molecule has 15 heavy (non-hydrogen) atoms. The van der Waals surface area contributed by atoms with Gasteiger partial charge in [-0.2, -0.15) is 0 Å². The zero-order valence-electron chi connectivity index (χ0n) is 8.98. The van der Waals surface area contributed by atoms with Gasteiger partial charge in [0.25, 0.3) is 0 Å². The number of hydrogen-bond donors (Lipinski definition) is 1. The number of amides is 1. The molecule has 0 aromatic carbocycles. The lowest BCUT2D eigenvalue weighted by atomic mass is 9.85. The first-order valence-corrected chi connectivity index (χ1v) is 5.63. The Kier molecular flexibility index (Phi) is 2.67. The van der Waals surface area contributed by atoms with Crippen molar-refractivity contribution in [1.29, 1.82) is 0 Å². The number of fused-ring (bicyclic) bond motifs is 1. The molecule has 1 aliphatic carbocycles. The largest absolute Gasteiger partial charge is 0.480 e. The Bertz CT molecular complexity index is 290. The average molecular weight is 211 g/mol. The van der Waals surface area contributed by atoms with E-state index in [0.29, 0.717) is 12.3 Å². The van der Waals surface area contributed by atoms with Crippen molar-refractivity contribution in [3.8, 4) is 0 Å². The van der Waals surface area contributed by atoms with Gasteiger partial charge >= 0.3 is 5.97 Å². The Balaban J connectivity index is 2.21. The first-order chi connectivity index (χ1) is 7.11. The molecule has 84 valence electrons. The molecule has 1 N–H and O–H groups in total. The van der Waals surface area contributed by atoms with E-state index in [-0.39, 0.29) is 11.9 Å². The molecule has 2 rings (SSSR count). The number of likely N-dealkylation sites (tertiary alicyclic amines) is 1. The number of rotatable bonds is 1. The normalized spacial score (nSPS) is 35.0. The van der Waals surface area contributed by atoms with Gasteiger partial charge in [-0.05, 0) is 25.2 Å². The van der Waals surface area contributed by atoms with Crippen molar-refractivity contribution in [3.05, 3.63) is 0 Å². The molecule has 1 saturated carbocycles. The average Bonchev–Trinajstić information content (AvgIpc) is 2.56. The van der Waals surface area contributed by atoms with E-state index >= 15 is 0 Å². The minimum absolute atomic E-state index is 0.0863. The summed E-state index contributed by atoms with van der Waals surface area (Å²) in [7, 11) is 0. The lowest BCUT2D eigenvalue weighted by Crippen LogP contribution is -2.45. The number of carboxylic acids is 1. The third kappa shape index (κ3) is 1.73. The van der Waals surface area contributed by atoms with Crippen LogP contribution >= 0.6 is 0 Å². The molecule has 0 spiro atoms. The third-order valence-corrected chi connectivity index (χ3v) is 3.74.